The molecule has 0 radical (unpaired) electrons. The maximum atomic E-state index is 13.0. The molecule has 160 valence electrons. The summed E-state index contributed by atoms with van der Waals surface area (Å²) < 4.78 is 43.9. The normalized spacial score (nSPS) is 17.5. The predicted molar refractivity (Wildman–Crippen MR) is 110 cm³/mol. The second-order valence-corrected chi connectivity index (χ2v) is 9.46. The Kier molecular flexibility index (Phi) is 5.97. The fraction of sp³-hybridized carbons (Fsp3) is 0.409. The lowest BCUT2D eigenvalue weighted by Crippen LogP contribution is -2.40. The molecule has 7 nitrogen and oxygen atoms in total. The number of piperidine rings is 1. The van der Waals surface area contributed by atoms with Crippen molar-refractivity contribution in [3.63, 3.8) is 0 Å². The molecule has 0 spiro atoms. The van der Waals surface area contributed by atoms with E-state index >= 15 is 0 Å². The molecule has 0 amide bonds. The summed E-state index contributed by atoms with van der Waals surface area (Å²) in [7, 11) is -3.66. The predicted octanol–water partition coefficient (Wildman–Crippen LogP) is 2.91. The average Bonchev–Trinajstić information content (AvgIpc) is 2.78. The lowest BCUT2D eigenvalue weighted by atomic mass is 9.98. The Bertz CT molecular complexity index is 1030. The van der Waals surface area contributed by atoms with Gasteiger partial charge in [0.05, 0.1) is 10.8 Å². The van der Waals surface area contributed by atoms with Gasteiger partial charge in [-0.25, -0.2) is 8.42 Å². The van der Waals surface area contributed by atoms with E-state index in [-0.39, 0.29) is 36.5 Å². The minimum absolute atomic E-state index is 0.173. The lowest BCUT2D eigenvalue weighted by Gasteiger charge is -2.30. The van der Waals surface area contributed by atoms with E-state index in [9.17, 15) is 13.2 Å². The quantitative estimate of drug-likeness (QED) is 0.677. The van der Waals surface area contributed by atoms with Crippen LogP contribution in [0, 0.1) is 12.8 Å². The van der Waals surface area contributed by atoms with Crippen molar-refractivity contribution >= 4 is 16.0 Å². The van der Waals surface area contributed by atoms with Crippen molar-refractivity contribution in [3.05, 3.63) is 53.6 Å². The van der Waals surface area contributed by atoms with Crippen LogP contribution in [0.3, 0.4) is 0 Å². The van der Waals surface area contributed by atoms with Gasteiger partial charge in [-0.2, -0.15) is 4.31 Å². The van der Waals surface area contributed by atoms with E-state index in [0.29, 0.717) is 37.6 Å². The van der Waals surface area contributed by atoms with E-state index in [2.05, 4.69) is 0 Å². The highest BCUT2D eigenvalue weighted by molar-refractivity contribution is 7.89. The molecule has 2 heterocycles. The molecule has 2 aromatic rings. The van der Waals surface area contributed by atoms with Crippen molar-refractivity contribution in [2.24, 2.45) is 5.92 Å². The zero-order valence-electron chi connectivity index (χ0n) is 16.9. The number of carbonyl (C=O) groups excluding carboxylic acids is 1. The molecule has 0 saturated carbocycles. The van der Waals surface area contributed by atoms with Crippen molar-refractivity contribution < 1.29 is 27.4 Å². The van der Waals surface area contributed by atoms with Gasteiger partial charge in [0.15, 0.2) is 11.5 Å². The summed E-state index contributed by atoms with van der Waals surface area (Å²) in [4.78, 5) is 12.6. The summed E-state index contributed by atoms with van der Waals surface area (Å²) in [5.41, 5.74) is 2.05. The first-order valence-electron chi connectivity index (χ1n) is 10.1. The molecule has 1 saturated heterocycles. The number of aryl methyl sites for hydroxylation is 1. The van der Waals surface area contributed by atoms with Gasteiger partial charge in [0.2, 0.25) is 10.0 Å². The first-order chi connectivity index (χ1) is 14.4. The standard InChI is InChI=1S/C22H25NO6S/c1-16-4-2-3-5-18(16)15-29-22(24)17-8-10-23(11-9-17)30(25,26)19-6-7-20-21(14-19)28-13-12-27-20/h2-7,14,17H,8-13,15H2,1H3. The van der Waals surface area contributed by atoms with Crippen LogP contribution in [0.4, 0.5) is 0 Å². The number of carbonyl (C=O) groups is 1. The summed E-state index contributed by atoms with van der Waals surface area (Å²) in [5.74, 6) is 0.433. The number of nitrogens with zero attached hydrogens (tertiary/aromatic N) is 1. The van der Waals surface area contributed by atoms with Crippen LogP contribution in [-0.2, 0) is 26.2 Å². The second kappa shape index (κ2) is 8.65. The number of fused-ring (bicyclic) bond motifs is 1. The molecule has 0 bridgehead atoms. The van der Waals surface area contributed by atoms with Crippen LogP contribution >= 0.6 is 0 Å². The number of ether oxygens (including phenoxy) is 3. The SMILES string of the molecule is Cc1ccccc1COC(=O)C1CCN(S(=O)(=O)c2ccc3c(c2)OCCO3)CC1. The lowest BCUT2D eigenvalue weighted by molar-refractivity contribution is -0.151. The summed E-state index contributed by atoms with van der Waals surface area (Å²) in [6.45, 7) is 3.62. The molecule has 2 aromatic carbocycles. The van der Waals surface area contributed by atoms with Crippen LogP contribution < -0.4 is 9.47 Å². The Morgan fingerprint density at radius 1 is 1.07 bits per heavy atom. The highest BCUT2D eigenvalue weighted by Gasteiger charge is 2.33. The summed E-state index contributed by atoms with van der Waals surface area (Å²) in [6.07, 6.45) is 0.882. The monoisotopic (exact) mass is 431 g/mol. The zero-order valence-corrected chi connectivity index (χ0v) is 17.7. The zero-order chi connectivity index (χ0) is 21.1. The Labute approximate surface area is 176 Å². The molecule has 1 fully saturated rings. The van der Waals surface area contributed by atoms with Gasteiger partial charge in [-0.3, -0.25) is 4.79 Å². The maximum absolute atomic E-state index is 13.0. The van der Waals surface area contributed by atoms with Crippen LogP contribution in [0.15, 0.2) is 47.4 Å². The molecule has 0 N–H and O–H groups in total. The molecular formula is C22H25NO6S. The van der Waals surface area contributed by atoms with Crippen molar-refractivity contribution in [3.8, 4) is 11.5 Å². The van der Waals surface area contributed by atoms with E-state index in [1.165, 1.54) is 16.4 Å². The molecule has 8 heteroatoms. The van der Waals surface area contributed by atoms with Crippen molar-refractivity contribution in [1.82, 2.24) is 4.31 Å². The molecular weight excluding hydrogens is 406 g/mol. The molecule has 0 atom stereocenters. The largest absolute Gasteiger partial charge is 0.486 e. The van der Waals surface area contributed by atoms with E-state index in [4.69, 9.17) is 14.2 Å². The topological polar surface area (TPSA) is 82.1 Å². The minimum atomic E-state index is -3.66. The number of benzene rings is 2. The summed E-state index contributed by atoms with van der Waals surface area (Å²) in [6, 6.07) is 12.4. The number of rotatable bonds is 5. The Morgan fingerprint density at radius 2 is 1.77 bits per heavy atom. The van der Waals surface area contributed by atoms with E-state index < -0.39 is 10.0 Å². The third-order valence-corrected chi connectivity index (χ3v) is 7.46. The van der Waals surface area contributed by atoms with Crippen LogP contribution in [0.5, 0.6) is 11.5 Å². The molecule has 0 unspecified atom stereocenters. The average molecular weight is 432 g/mol. The van der Waals surface area contributed by atoms with Gasteiger partial charge in [0, 0.05) is 19.2 Å². The summed E-state index contributed by atoms with van der Waals surface area (Å²) >= 11 is 0. The van der Waals surface area contributed by atoms with Gasteiger partial charge in [-0.15, -0.1) is 0 Å². The van der Waals surface area contributed by atoms with Crippen LogP contribution in [-0.4, -0.2) is 45.0 Å². The third-order valence-electron chi connectivity index (χ3n) is 5.57. The number of hydrogen-bond donors (Lipinski definition) is 0. The van der Waals surface area contributed by atoms with Gasteiger partial charge in [0.25, 0.3) is 0 Å². The van der Waals surface area contributed by atoms with Crippen molar-refractivity contribution in [2.75, 3.05) is 26.3 Å². The second-order valence-electron chi connectivity index (χ2n) is 7.52. The van der Waals surface area contributed by atoms with Crippen LogP contribution in [0.2, 0.25) is 0 Å². The maximum Gasteiger partial charge on any atom is 0.309 e. The number of sulfonamides is 1. The molecule has 2 aliphatic rings. The van der Waals surface area contributed by atoms with Crippen LogP contribution in [0.1, 0.15) is 24.0 Å². The first kappa shape index (κ1) is 20.7. The van der Waals surface area contributed by atoms with Gasteiger partial charge < -0.3 is 14.2 Å². The third kappa shape index (κ3) is 4.29. The minimum Gasteiger partial charge on any atom is -0.486 e. The fourth-order valence-electron chi connectivity index (χ4n) is 3.70. The van der Waals surface area contributed by atoms with Crippen molar-refractivity contribution in [2.45, 2.75) is 31.3 Å². The Morgan fingerprint density at radius 3 is 2.50 bits per heavy atom. The Balaban J connectivity index is 1.35. The fourth-order valence-corrected chi connectivity index (χ4v) is 5.19. The summed E-state index contributed by atoms with van der Waals surface area (Å²) in [5, 5.41) is 0. The molecule has 2 aliphatic heterocycles. The molecule has 4 rings (SSSR count). The van der Waals surface area contributed by atoms with Gasteiger partial charge in [0.1, 0.15) is 19.8 Å². The number of esters is 1. The number of hydrogen-bond acceptors (Lipinski definition) is 6. The van der Waals surface area contributed by atoms with E-state index in [0.717, 1.165) is 11.1 Å². The molecule has 0 aromatic heterocycles. The highest BCUT2D eigenvalue weighted by atomic mass is 32.2. The first-order valence-corrected chi connectivity index (χ1v) is 11.5. The van der Waals surface area contributed by atoms with Crippen LogP contribution in [0.25, 0.3) is 0 Å². The highest BCUT2D eigenvalue weighted by Crippen LogP contribution is 2.34. The van der Waals surface area contributed by atoms with E-state index in [1.807, 2.05) is 31.2 Å². The van der Waals surface area contributed by atoms with Gasteiger partial charge in [-0.05, 0) is 43.0 Å². The molecule has 30 heavy (non-hydrogen) atoms. The van der Waals surface area contributed by atoms with E-state index in [1.54, 1.807) is 6.07 Å². The molecule has 0 aliphatic carbocycles. The van der Waals surface area contributed by atoms with Gasteiger partial charge >= 0.3 is 5.97 Å². The van der Waals surface area contributed by atoms with Gasteiger partial charge in [-0.1, -0.05) is 24.3 Å². The van der Waals surface area contributed by atoms with Crippen molar-refractivity contribution in [1.29, 1.82) is 0 Å². The smallest absolute Gasteiger partial charge is 0.309 e. The Hall–Kier alpha value is -2.58.